The van der Waals surface area contributed by atoms with Crippen LogP contribution in [0, 0.1) is 11.3 Å². The normalized spacial score (nSPS) is 18.3. The molecule has 26 heavy (non-hydrogen) atoms. The molecule has 7 nitrogen and oxygen atoms in total. The van der Waals surface area contributed by atoms with Gasteiger partial charge in [0.2, 0.25) is 12.7 Å². The maximum Gasteiger partial charge on any atom is 0.316 e. The molecule has 0 aromatic heterocycles. The molecule has 2 heterocycles. The first-order valence-corrected chi connectivity index (χ1v) is 9.23. The van der Waals surface area contributed by atoms with Gasteiger partial charge in [0.1, 0.15) is 0 Å². The Labute approximate surface area is 155 Å². The van der Waals surface area contributed by atoms with Crippen molar-refractivity contribution in [2.24, 2.45) is 0 Å². The lowest BCUT2D eigenvalue weighted by atomic mass is 9.87. The number of amides is 1. The first kappa shape index (κ1) is 18.1. The Balaban J connectivity index is 1.82. The van der Waals surface area contributed by atoms with E-state index in [2.05, 4.69) is 11.4 Å². The lowest BCUT2D eigenvalue weighted by Gasteiger charge is -2.25. The zero-order valence-electron chi connectivity index (χ0n) is 14.2. The fourth-order valence-corrected chi connectivity index (χ4v) is 3.61. The predicted molar refractivity (Wildman–Crippen MR) is 94.4 cm³/mol. The van der Waals surface area contributed by atoms with Gasteiger partial charge in [0.25, 0.3) is 0 Å². The standard InChI is InChI=1S/C18H18N2O5S/c1-2-5-23-17(22)9-26-18-13(8-19)12(7-16(21)20-18)11-3-4-14-15(6-11)25-10-24-14/h3-4,6,12H,2,5,7,9-10H2,1H3,(H,20,21)/t12-/m1/s1. The Morgan fingerprint density at radius 1 is 1.42 bits per heavy atom. The van der Waals surface area contributed by atoms with Gasteiger partial charge in [-0.25, -0.2) is 0 Å². The number of esters is 1. The summed E-state index contributed by atoms with van der Waals surface area (Å²) in [5, 5.41) is 12.7. The highest BCUT2D eigenvalue weighted by Crippen LogP contribution is 2.40. The van der Waals surface area contributed by atoms with Crippen molar-refractivity contribution >= 4 is 23.6 Å². The van der Waals surface area contributed by atoms with E-state index in [9.17, 15) is 14.9 Å². The van der Waals surface area contributed by atoms with Gasteiger partial charge in [-0.15, -0.1) is 0 Å². The van der Waals surface area contributed by atoms with E-state index in [1.165, 1.54) is 0 Å². The summed E-state index contributed by atoms with van der Waals surface area (Å²) >= 11 is 1.11. The number of nitrogens with one attached hydrogen (secondary N) is 1. The van der Waals surface area contributed by atoms with E-state index < -0.39 is 5.92 Å². The van der Waals surface area contributed by atoms with E-state index in [1.807, 2.05) is 13.0 Å². The van der Waals surface area contributed by atoms with Crippen LogP contribution in [0.5, 0.6) is 11.5 Å². The number of rotatable bonds is 6. The molecule has 0 fully saturated rings. The number of thioether (sulfide) groups is 1. The number of allylic oxidation sites excluding steroid dienone is 1. The minimum Gasteiger partial charge on any atom is -0.465 e. The van der Waals surface area contributed by atoms with E-state index in [0.29, 0.717) is 28.7 Å². The molecule has 8 heteroatoms. The zero-order valence-corrected chi connectivity index (χ0v) is 15.1. The molecule has 0 bridgehead atoms. The molecule has 0 radical (unpaired) electrons. The van der Waals surface area contributed by atoms with E-state index >= 15 is 0 Å². The minimum atomic E-state index is -0.391. The van der Waals surface area contributed by atoms with Crippen LogP contribution in [0.15, 0.2) is 28.8 Å². The number of fused-ring (bicyclic) bond motifs is 1. The number of carbonyl (C=O) groups excluding carboxylic acids is 2. The highest BCUT2D eigenvalue weighted by molar-refractivity contribution is 8.03. The average molecular weight is 374 g/mol. The molecule has 0 aliphatic carbocycles. The largest absolute Gasteiger partial charge is 0.465 e. The molecular formula is C18H18N2O5S. The Morgan fingerprint density at radius 2 is 2.23 bits per heavy atom. The topological polar surface area (TPSA) is 97.7 Å². The molecule has 1 N–H and O–H groups in total. The van der Waals surface area contributed by atoms with Crippen molar-refractivity contribution in [3.63, 3.8) is 0 Å². The van der Waals surface area contributed by atoms with Gasteiger partial charge < -0.3 is 19.5 Å². The van der Waals surface area contributed by atoms with Crippen molar-refractivity contribution in [2.75, 3.05) is 19.2 Å². The molecule has 2 aliphatic heterocycles. The molecule has 1 amide bonds. The van der Waals surface area contributed by atoms with Crippen LogP contribution in [0.3, 0.4) is 0 Å². The molecule has 0 saturated carbocycles. The third-order valence-electron chi connectivity index (χ3n) is 3.96. The van der Waals surface area contributed by atoms with E-state index in [0.717, 1.165) is 23.7 Å². The third-order valence-corrected chi connectivity index (χ3v) is 4.95. The minimum absolute atomic E-state index is 0.0364. The fraction of sp³-hybridized carbons (Fsp3) is 0.389. The van der Waals surface area contributed by atoms with Crippen LogP contribution >= 0.6 is 11.8 Å². The van der Waals surface area contributed by atoms with Crippen molar-refractivity contribution in [2.45, 2.75) is 25.7 Å². The number of benzene rings is 1. The second-order valence-corrected chi connectivity index (χ2v) is 6.77. The summed E-state index contributed by atoms with van der Waals surface area (Å²) in [5.41, 5.74) is 1.23. The molecule has 0 spiro atoms. The summed E-state index contributed by atoms with van der Waals surface area (Å²) in [6, 6.07) is 7.57. The molecule has 1 atom stereocenters. The van der Waals surface area contributed by atoms with E-state index in [-0.39, 0.29) is 30.8 Å². The van der Waals surface area contributed by atoms with Crippen LogP contribution in [0.2, 0.25) is 0 Å². The van der Waals surface area contributed by atoms with Crippen LogP contribution in [0.1, 0.15) is 31.2 Å². The number of hydrogen-bond donors (Lipinski definition) is 1. The third kappa shape index (κ3) is 3.94. The highest BCUT2D eigenvalue weighted by atomic mass is 32.2. The van der Waals surface area contributed by atoms with Crippen LogP contribution in [0.4, 0.5) is 0 Å². The molecule has 0 saturated heterocycles. The number of nitriles is 1. The summed E-state index contributed by atoms with van der Waals surface area (Å²) in [6.07, 6.45) is 0.901. The van der Waals surface area contributed by atoms with Gasteiger partial charge in [0.15, 0.2) is 11.5 Å². The average Bonchev–Trinajstić information content (AvgIpc) is 3.11. The van der Waals surface area contributed by atoms with Crippen LogP contribution in [-0.2, 0) is 14.3 Å². The number of carbonyl (C=O) groups is 2. The molecule has 136 valence electrons. The van der Waals surface area contributed by atoms with Crippen molar-refractivity contribution in [1.29, 1.82) is 5.26 Å². The summed E-state index contributed by atoms with van der Waals surface area (Å²) in [6.45, 7) is 2.43. The van der Waals surface area contributed by atoms with Gasteiger partial charge in [0.05, 0.1) is 29.0 Å². The van der Waals surface area contributed by atoms with Gasteiger partial charge in [-0.3, -0.25) is 9.59 Å². The van der Waals surface area contributed by atoms with E-state index in [4.69, 9.17) is 14.2 Å². The Morgan fingerprint density at radius 3 is 3.00 bits per heavy atom. The van der Waals surface area contributed by atoms with Crippen molar-refractivity contribution in [1.82, 2.24) is 5.32 Å². The summed E-state index contributed by atoms with van der Waals surface area (Å²) in [5.74, 6) is 0.316. The summed E-state index contributed by atoms with van der Waals surface area (Å²) in [4.78, 5) is 23.8. The zero-order chi connectivity index (χ0) is 18.5. The molecule has 0 unspecified atom stereocenters. The fourth-order valence-electron chi connectivity index (χ4n) is 2.74. The predicted octanol–water partition coefficient (Wildman–Crippen LogP) is 2.44. The first-order chi connectivity index (χ1) is 12.6. The second-order valence-electron chi connectivity index (χ2n) is 5.78. The van der Waals surface area contributed by atoms with Crippen molar-refractivity contribution in [3.05, 3.63) is 34.4 Å². The Bertz CT molecular complexity index is 799. The van der Waals surface area contributed by atoms with Gasteiger partial charge >= 0.3 is 5.97 Å². The summed E-state index contributed by atoms with van der Waals surface area (Å²) in [7, 11) is 0. The quantitative estimate of drug-likeness (QED) is 0.764. The lowest BCUT2D eigenvalue weighted by Crippen LogP contribution is -2.31. The Kier molecular flexibility index (Phi) is 5.68. The van der Waals surface area contributed by atoms with Crippen molar-refractivity contribution in [3.8, 4) is 17.6 Å². The first-order valence-electron chi connectivity index (χ1n) is 8.24. The number of ether oxygens (including phenoxy) is 3. The number of hydrogen-bond acceptors (Lipinski definition) is 7. The smallest absolute Gasteiger partial charge is 0.316 e. The molecule has 1 aromatic carbocycles. The SMILES string of the molecule is CCCOC(=O)CSC1=C(C#N)[C@@H](c2ccc3c(c2)OCO3)CC(=O)N1. The lowest BCUT2D eigenvalue weighted by molar-refractivity contribution is -0.140. The molecule has 2 aliphatic rings. The van der Waals surface area contributed by atoms with Crippen LogP contribution in [-0.4, -0.2) is 31.0 Å². The van der Waals surface area contributed by atoms with E-state index in [1.54, 1.807) is 12.1 Å². The Hall–Kier alpha value is -2.66. The highest BCUT2D eigenvalue weighted by Gasteiger charge is 2.31. The van der Waals surface area contributed by atoms with Crippen molar-refractivity contribution < 1.29 is 23.8 Å². The number of nitrogens with zero attached hydrogens (tertiary/aromatic N) is 1. The van der Waals surface area contributed by atoms with Gasteiger partial charge in [-0.05, 0) is 24.1 Å². The maximum absolute atomic E-state index is 12.1. The monoisotopic (exact) mass is 374 g/mol. The summed E-state index contributed by atoms with van der Waals surface area (Å²) < 4.78 is 15.7. The maximum atomic E-state index is 12.1. The van der Waals surface area contributed by atoms with Crippen LogP contribution < -0.4 is 14.8 Å². The van der Waals surface area contributed by atoms with Gasteiger partial charge in [0, 0.05) is 12.3 Å². The second kappa shape index (κ2) is 8.15. The molecule has 1 aromatic rings. The van der Waals surface area contributed by atoms with Crippen LogP contribution in [0.25, 0.3) is 0 Å². The molecular weight excluding hydrogens is 356 g/mol. The molecule has 3 rings (SSSR count). The van der Waals surface area contributed by atoms with Gasteiger partial charge in [-0.1, -0.05) is 24.8 Å². The van der Waals surface area contributed by atoms with Gasteiger partial charge in [-0.2, -0.15) is 5.26 Å².